The maximum absolute atomic E-state index is 5.81. The third kappa shape index (κ3) is 1.82. The van der Waals surface area contributed by atoms with Crippen LogP contribution in [0.25, 0.3) is 5.65 Å². The van der Waals surface area contributed by atoms with Gasteiger partial charge in [0.05, 0.1) is 5.69 Å². The molecule has 2 aromatic heterocycles. The van der Waals surface area contributed by atoms with Crippen molar-refractivity contribution in [1.82, 2.24) is 14.4 Å². The van der Waals surface area contributed by atoms with Gasteiger partial charge in [-0.2, -0.15) is 0 Å². The predicted octanol–water partition coefficient (Wildman–Crippen LogP) is 1.11. The molecule has 0 aliphatic heterocycles. The number of fused-ring (bicyclic) bond motifs is 1. The second kappa shape index (κ2) is 4.05. The van der Waals surface area contributed by atoms with Crippen LogP contribution in [0.5, 0.6) is 0 Å². The highest BCUT2D eigenvalue weighted by atomic mass is 15.0. The first kappa shape index (κ1) is 10.1. The SMILES string of the molecule is [B]c1cnc2c(Cc3ccccc3)nccn12. The van der Waals surface area contributed by atoms with Crippen LogP contribution in [0, 0.1) is 0 Å². The molecule has 3 rings (SSSR count). The molecular formula is C13H10BN3. The van der Waals surface area contributed by atoms with Crippen LogP contribution < -0.4 is 5.59 Å². The molecule has 17 heavy (non-hydrogen) atoms. The first-order valence-electron chi connectivity index (χ1n) is 5.45. The van der Waals surface area contributed by atoms with Crippen molar-refractivity contribution in [3.8, 4) is 0 Å². The lowest BCUT2D eigenvalue weighted by Gasteiger charge is -2.03. The minimum atomic E-state index is 0.636. The van der Waals surface area contributed by atoms with Gasteiger partial charge >= 0.3 is 0 Å². The Bertz CT molecular complexity index is 646. The Labute approximate surface area is 101 Å². The molecule has 1 aromatic carbocycles. The fraction of sp³-hybridized carbons (Fsp3) is 0.0769. The topological polar surface area (TPSA) is 30.2 Å². The van der Waals surface area contributed by atoms with Crippen molar-refractivity contribution in [1.29, 1.82) is 0 Å². The van der Waals surface area contributed by atoms with E-state index in [4.69, 9.17) is 7.85 Å². The molecule has 0 bridgehead atoms. The second-order valence-corrected chi connectivity index (χ2v) is 3.91. The van der Waals surface area contributed by atoms with Gasteiger partial charge in [-0.3, -0.25) is 4.98 Å². The fourth-order valence-electron chi connectivity index (χ4n) is 1.91. The number of hydrogen-bond donors (Lipinski definition) is 0. The van der Waals surface area contributed by atoms with Crippen LogP contribution >= 0.6 is 0 Å². The lowest BCUT2D eigenvalue weighted by molar-refractivity contribution is 1.03. The van der Waals surface area contributed by atoms with Gasteiger partial charge in [-0.25, -0.2) is 4.98 Å². The van der Waals surface area contributed by atoms with Gasteiger partial charge in [-0.15, -0.1) is 0 Å². The van der Waals surface area contributed by atoms with Crippen LogP contribution in [0.1, 0.15) is 11.3 Å². The quantitative estimate of drug-likeness (QED) is 0.604. The molecule has 0 aliphatic carbocycles. The Morgan fingerprint density at radius 3 is 2.76 bits per heavy atom. The highest BCUT2D eigenvalue weighted by Gasteiger charge is 2.06. The van der Waals surface area contributed by atoms with E-state index in [2.05, 4.69) is 22.1 Å². The monoisotopic (exact) mass is 219 g/mol. The van der Waals surface area contributed by atoms with Crippen LogP contribution in [-0.2, 0) is 6.42 Å². The highest BCUT2D eigenvalue weighted by Crippen LogP contribution is 2.10. The number of hydrogen-bond acceptors (Lipinski definition) is 2. The number of benzene rings is 1. The third-order valence-electron chi connectivity index (χ3n) is 2.74. The van der Waals surface area contributed by atoms with Gasteiger partial charge in [-0.1, -0.05) is 30.3 Å². The molecule has 0 N–H and O–H groups in total. The van der Waals surface area contributed by atoms with Crippen molar-refractivity contribution in [2.75, 3.05) is 0 Å². The Kier molecular flexibility index (Phi) is 2.40. The number of rotatable bonds is 2. The molecule has 0 unspecified atom stereocenters. The van der Waals surface area contributed by atoms with E-state index < -0.39 is 0 Å². The van der Waals surface area contributed by atoms with Crippen LogP contribution in [0.3, 0.4) is 0 Å². The molecule has 0 saturated carbocycles. The van der Waals surface area contributed by atoms with Gasteiger partial charge in [-0.05, 0) is 11.2 Å². The summed E-state index contributed by atoms with van der Waals surface area (Å²) in [5.41, 5.74) is 3.62. The van der Waals surface area contributed by atoms with Gasteiger partial charge in [0, 0.05) is 25.0 Å². The largest absolute Gasteiger partial charge is 0.312 e. The molecule has 0 amide bonds. The van der Waals surface area contributed by atoms with Gasteiger partial charge < -0.3 is 4.40 Å². The molecule has 0 aliphatic rings. The summed E-state index contributed by atoms with van der Waals surface area (Å²) in [5, 5.41) is 0. The summed E-state index contributed by atoms with van der Waals surface area (Å²) in [6.07, 6.45) is 6.00. The standard InChI is InChI=1S/C13H10BN3/c14-12-9-16-13-11(15-6-7-17(12)13)8-10-4-2-1-3-5-10/h1-7,9H,8H2. The molecule has 3 aromatic rings. The van der Waals surface area contributed by atoms with Gasteiger partial charge in [0.1, 0.15) is 7.85 Å². The molecule has 2 radical (unpaired) electrons. The Morgan fingerprint density at radius 2 is 1.94 bits per heavy atom. The van der Waals surface area contributed by atoms with Gasteiger partial charge in [0.25, 0.3) is 0 Å². The van der Waals surface area contributed by atoms with Crippen molar-refractivity contribution >= 4 is 19.1 Å². The van der Waals surface area contributed by atoms with Crippen molar-refractivity contribution < 1.29 is 0 Å². The summed E-state index contributed by atoms with van der Waals surface area (Å²) in [7, 11) is 5.81. The molecule has 0 spiro atoms. The van der Waals surface area contributed by atoms with E-state index in [0.717, 1.165) is 17.8 Å². The summed E-state index contributed by atoms with van der Waals surface area (Å²) in [5.74, 6) is 0. The van der Waals surface area contributed by atoms with E-state index in [1.54, 1.807) is 12.4 Å². The van der Waals surface area contributed by atoms with Crippen molar-refractivity contribution in [3.05, 3.63) is 60.2 Å². The summed E-state index contributed by atoms with van der Waals surface area (Å²) in [4.78, 5) is 8.67. The zero-order valence-electron chi connectivity index (χ0n) is 9.24. The van der Waals surface area contributed by atoms with E-state index >= 15 is 0 Å². The van der Waals surface area contributed by atoms with Crippen LogP contribution in [0.15, 0.2) is 48.9 Å². The van der Waals surface area contributed by atoms with E-state index in [0.29, 0.717) is 5.59 Å². The Hall–Kier alpha value is -2.10. The molecule has 80 valence electrons. The number of imidazole rings is 1. The minimum absolute atomic E-state index is 0.636. The maximum Gasteiger partial charge on any atom is 0.158 e. The predicted molar refractivity (Wildman–Crippen MR) is 67.6 cm³/mol. The van der Waals surface area contributed by atoms with E-state index in [1.807, 2.05) is 28.8 Å². The van der Waals surface area contributed by atoms with E-state index in [-0.39, 0.29) is 0 Å². The first-order valence-corrected chi connectivity index (χ1v) is 5.45. The van der Waals surface area contributed by atoms with Crippen molar-refractivity contribution in [2.45, 2.75) is 6.42 Å². The average molecular weight is 219 g/mol. The summed E-state index contributed by atoms with van der Waals surface area (Å²) < 4.78 is 1.85. The third-order valence-corrected chi connectivity index (χ3v) is 2.74. The minimum Gasteiger partial charge on any atom is -0.312 e. The lowest BCUT2D eigenvalue weighted by atomic mass is 10.1. The zero-order chi connectivity index (χ0) is 11.7. The first-order chi connectivity index (χ1) is 8.34. The molecule has 0 atom stereocenters. The average Bonchev–Trinajstić information content (AvgIpc) is 2.74. The van der Waals surface area contributed by atoms with E-state index in [1.165, 1.54) is 5.56 Å². The molecule has 0 saturated heterocycles. The molecule has 4 heteroatoms. The smallest absolute Gasteiger partial charge is 0.158 e. The van der Waals surface area contributed by atoms with Gasteiger partial charge in [0.15, 0.2) is 5.65 Å². The van der Waals surface area contributed by atoms with Gasteiger partial charge in [0.2, 0.25) is 0 Å². The van der Waals surface area contributed by atoms with Crippen LogP contribution in [0.2, 0.25) is 0 Å². The van der Waals surface area contributed by atoms with E-state index in [9.17, 15) is 0 Å². The second-order valence-electron chi connectivity index (χ2n) is 3.91. The Morgan fingerprint density at radius 1 is 1.12 bits per heavy atom. The summed E-state index contributed by atoms with van der Waals surface area (Å²) in [6, 6.07) is 10.2. The van der Waals surface area contributed by atoms with Crippen molar-refractivity contribution in [2.24, 2.45) is 0 Å². The van der Waals surface area contributed by atoms with Crippen molar-refractivity contribution in [3.63, 3.8) is 0 Å². The summed E-state index contributed by atoms with van der Waals surface area (Å²) in [6.45, 7) is 0. The molecule has 3 nitrogen and oxygen atoms in total. The highest BCUT2D eigenvalue weighted by molar-refractivity contribution is 6.31. The molecule has 2 heterocycles. The molecule has 0 fully saturated rings. The molecular weight excluding hydrogens is 209 g/mol. The number of nitrogens with zero attached hydrogens (tertiary/aromatic N) is 3. The zero-order valence-corrected chi connectivity index (χ0v) is 9.24. The lowest BCUT2D eigenvalue weighted by Crippen LogP contribution is -2.10. The van der Waals surface area contributed by atoms with Crippen LogP contribution in [-0.4, -0.2) is 22.2 Å². The number of aromatic nitrogens is 3. The normalized spacial score (nSPS) is 10.8. The van der Waals surface area contributed by atoms with Crippen LogP contribution in [0.4, 0.5) is 0 Å². The maximum atomic E-state index is 5.81. The fourth-order valence-corrected chi connectivity index (χ4v) is 1.91. The summed E-state index contributed by atoms with van der Waals surface area (Å²) >= 11 is 0. The Balaban J connectivity index is 2.06.